The van der Waals surface area contributed by atoms with E-state index in [4.69, 9.17) is 9.26 Å². The lowest BCUT2D eigenvalue weighted by Crippen LogP contribution is -2.11. The maximum atomic E-state index is 12.6. The number of carbonyl (C=O) groups is 2. The Morgan fingerprint density at radius 2 is 1.86 bits per heavy atom. The molecule has 0 unspecified atom stereocenters. The van der Waals surface area contributed by atoms with Crippen molar-refractivity contribution in [3.8, 4) is 5.75 Å². The zero-order chi connectivity index (χ0) is 20.1. The van der Waals surface area contributed by atoms with Gasteiger partial charge in [0.2, 0.25) is 0 Å². The Morgan fingerprint density at radius 3 is 2.50 bits per heavy atom. The van der Waals surface area contributed by atoms with E-state index in [0.717, 1.165) is 17.0 Å². The Labute approximate surface area is 166 Å². The topological polar surface area (TPSA) is 91.5 Å². The summed E-state index contributed by atoms with van der Waals surface area (Å²) in [4.78, 5) is 28.4. The van der Waals surface area contributed by atoms with Crippen LogP contribution in [0.3, 0.4) is 0 Å². The van der Waals surface area contributed by atoms with E-state index >= 15 is 0 Å². The third-order valence-electron chi connectivity index (χ3n) is 4.01. The van der Waals surface area contributed by atoms with Gasteiger partial charge in [-0.15, -0.1) is 11.8 Å². The zero-order valence-electron chi connectivity index (χ0n) is 15.6. The highest BCUT2D eigenvalue weighted by atomic mass is 32.2. The lowest BCUT2D eigenvalue weighted by atomic mass is 10.2. The quantitative estimate of drug-likeness (QED) is 0.350. The number of benzene rings is 1. The van der Waals surface area contributed by atoms with Gasteiger partial charge in [-0.05, 0) is 50.2 Å². The predicted molar refractivity (Wildman–Crippen MR) is 103 cm³/mol. The molecule has 8 heteroatoms. The molecule has 0 radical (unpaired) electrons. The number of aryl methyl sites for hydroxylation is 2. The van der Waals surface area contributed by atoms with Gasteiger partial charge in [0.1, 0.15) is 16.5 Å². The number of esters is 2. The molecule has 144 valence electrons. The number of thioether (sulfide) groups is 1. The standard InChI is InChI=1S/C20H18N2O5S/c1-12-17(13(2)27-22-12)11-28-18-16(5-4-10-21-18)20(24)26-15-8-6-14(7-9-15)19(23)25-3/h4-10H,11H2,1-3H3. The zero-order valence-corrected chi connectivity index (χ0v) is 16.4. The van der Waals surface area contributed by atoms with Crippen LogP contribution in [0.25, 0.3) is 0 Å². The molecule has 0 aliphatic heterocycles. The Bertz CT molecular complexity index is 979. The molecule has 28 heavy (non-hydrogen) atoms. The van der Waals surface area contributed by atoms with Crippen LogP contribution in [-0.4, -0.2) is 29.2 Å². The summed E-state index contributed by atoms with van der Waals surface area (Å²) in [7, 11) is 1.31. The van der Waals surface area contributed by atoms with E-state index in [2.05, 4.69) is 14.9 Å². The Balaban J connectivity index is 1.73. The van der Waals surface area contributed by atoms with Crippen molar-refractivity contribution >= 4 is 23.7 Å². The molecule has 0 spiro atoms. The fourth-order valence-electron chi connectivity index (χ4n) is 2.45. The van der Waals surface area contributed by atoms with Gasteiger partial charge in [0.15, 0.2) is 0 Å². The first kappa shape index (κ1) is 19.6. The molecule has 0 N–H and O–H groups in total. The Kier molecular flexibility index (Phi) is 6.10. The normalized spacial score (nSPS) is 10.5. The molecule has 1 aromatic carbocycles. The van der Waals surface area contributed by atoms with E-state index in [-0.39, 0.29) is 0 Å². The number of carbonyl (C=O) groups excluding carboxylic acids is 2. The third-order valence-corrected chi connectivity index (χ3v) is 5.04. The number of ether oxygens (including phenoxy) is 2. The predicted octanol–water partition coefficient (Wildman–Crippen LogP) is 3.98. The first-order valence-corrected chi connectivity index (χ1v) is 9.38. The van der Waals surface area contributed by atoms with Crippen LogP contribution in [0.5, 0.6) is 5.75 Å². The van der Waals surface area contributed by atoms with Crippen molar-refractivity contribution in [2.24, 2.45) is 0 Å². The van der Waals surface area contributed by atoms with Crippen molar-refractivity contribution in [2.75, 3.05) is 7.11 Å². The first-order valence-electron chi connectivity index (χ1n) is 8.39. The molecule has 3 rings (SSSR count). The molecule has 0 aliphatic carbocycles. The van der Waals surface area contributed by atoms with Crippen LogP contribution in [0, 0.1) is 13.8 Å². The van der Waals surface area contributed by atoms with E-state index in [1.165, 1.54) is 43.1 Å². The third kappa shape index (κ3) is 4.40. The van der Waals surface area contributed by atoms with E-state index in [0.29, 0.717) is 27.7 Å². The number of methoxy groups -OCH3 is 1. The fraction of sp³-hybridized carbons (Fsp3) is 0.200. The van der Waals surface area contributed by atoms with E-state index < -0.39 is 11.9 Å². The molecule has 0 bridgehead atoms. The number of aromatic nitrogens is 2. The molecule has 0 saturated carbocycles. The van der Waals surface area contributed by atoms with Crippen LogP contribution < -0.4 is 4.74 Å². The van der Waals surface area contributed by atoms with Gasteiger partial charge >= 0.3 is 11.9 Å². The van der Waals surface area contributed by atoms with Crippen molar-refractivity contribution in [3.63, 3.8) is 0 Å². The van der Waals surface area contributed by atoms with E-state index in [9.17, 15) is 9.59 Å². The van der Waals surface area contributed by atoms with Gasteiger partial charge in [0.25, 0.3) is 0 Å². The minimum atomic E-state index is -0.528. The second-order valence-corrected chi connectivity index (χ2v) is 6.82. The highest BCUT2D eigenvalue weighted by Crippen LogP contribution is 2.28. The highest BCUT2D eigenvalue weighted by molar-refractivity contribution is 7.98. The summed E-state index contributed by atoms with van der Waals surface area (Å²) in [5.41, 5.74) is 2.53. The summed E-state index contributed by atoms with van der Waals surface area (Å²) in [6.07, 6.45) is 1.62. The minimum absolute atomic E-state index is 0.322. The Hall–Kier alpha value is -3.13. The number of nitrogens with zero attached hydrogens (tertiary/aromatic N) is 2. The second kappa shape index (κ2) is 8.71. The minimum Gasteiger partial charge on any atom is -0.465 e. The average Bonchev–Trinajstić information content (AvgIpc) is 3.04. The van der Waals surface area contributed by atoms with Crippen LogP contribution in [-0.2, 0) is 10.5 Å². The summed E-state index contributed by atoms with van der Waals surface area (Å²) < 4.78 is 15.2. The molecular weight excluding hydrogens is 380 g/mol. The van der Waals surface area contributed by atoms with Crippen LogP contribution in [0.15, 0.2) is 52.1 Å². The molecule has 3 aromatic rings. The number of rotatable bonds is 6. The maximum absolute atomic E-state index is 12.6. The van der Waals surface area contributed by atoms with E-state index in [1.807, 2.05) is 13.8 Å². The van der Waals surface area contributed by atoms with Gasteiger partial charge in [0, 0.05) is 17.5 Å². The van der Waals surface area contributed by atoms with Crippen LogP contribution in [0.1, 0.15) is 37.7 Å². The lowest BCUT2D eigenvalue weighted by Gasteiger charge is -2.08. The second-order valence-electron chi connectivity index (χ2n) is 5.85. The molecule has 7 nitrogen and oxygen atoms in total. The van der Waals surface area contributed by atoms with Crippen molar-refractivity contribution in [1.29, 1.82) is 0 Å². The molecule has 0 amide bonds. The van der Waals surface area contributed by atoms with Gasteiger partial charge in [-0.2, -0.15) is 0 Å². The molecular formula is C20H18N2O5S. The van der Waals surface area contributed by atoms with E-state index in [1.54, 1.807) is 18.3 Å². The fourth-order valence-corrected chi connectivity index (χ4v) is 3.58. The molecule has 2 aromatic heterocycles. The van der Waals surface area contributed by atoms with Crippen LogP contribution in [0.2, 0.25) is 0 Å². The average molecular weight is 398 g/mol. The van der Waals surface area contributed by atoms with Crippen LogP contribution in [0.4, 0.5) is 0 Å². The summed E-state index contributed by atoms with van der Waals surface area (Å²) in [6, 6.07) is 9.48. The molecule has 2 heterocycles. The first-order chi connectivity index (χ1) is 13.5. The molecule has 0 saturated heterocycles. The highest BCUT2D eigenvalue weighted by Gasteiger charge is 2.17. The molecule has 0 atom stereocenters. The number of pyridine rings is 1. The molecule has 0 aliphatic rings. The van der Waals surface area contributed by atoms with Gasteiger partial charge in [0.05, 0.1) is 23.9 Å². The van der Waals surface area contributed by atoms with Crippen molar-refractivity contribution in [1.82, 2.24) is 10.1 Å². The van der Waals surface area contributed by atoms with Gasteiger partial charge < -0.3 is 14.0 Å². The summed E-state index contributed by atoms with van der Waals surface area (Å²) in [5, 5.41) is 4.49. The largest absolute Gasteiger partial charge is 0.465 e. The summed E-state index contributed by atoms with van der Waals surface area (Å²) in [5.74, 6) is 0.661. The SMILES string of the molecule is COC(=O)c1ccc(OC(=O)c2cccnc2SCc2c(C)noc2C)cc1. The summed E-state index contributed by atoms with van der Waals surface area (Å²) >= 11 is 1.41. The smallest absolute Gasteiger partial charge is 0.346 e. The van der Waals surface area contributed by atoms with Crippen molar-refractivity contribution < 1.29 is 23.6 Å². The Morgan fingerprint density at radius 1 is 1.11 bits per heavy atom. The number of hydrogen-bond acceptors (Lipinski definition) is 8. The monoisotopic (exact) mass is 398 g/mol. The summed E-state index contributed by atoms with van der Waals surface area (Å²) in [6.45, 7) is 3.72. The number of hydrogen-bond donors (Lipinski definition) is 0. The van der Waals surface area contributed by atoms with Gasteiger partial charge in [-0.3, -0.25) is 0 Å². The van der Waals surface area contributed by atoms with Gasteiger partial charge in [-0.25, -0.2) is 14.6 Å². The maximum Gasteiger partial charge on any atom is 0.346 e. The van der Waals surface area contributed by atoms with Crippen molar-refractivity contribution in [2.45, 2.75) is 24.6 Å². The molecule has 0 fully saturated rings. The van der Waals surface area contributed by atoms with Gasteiger partial charge in [-0.1, -0.05) is 5.16 Å². The van der Waals surface area contributed by atoms with Crippen LogP contribution >= 0.6 is 11.8 Å². The van der Waals surface area contributed by atoms with Crippen molar-refractivity contribution in [3.05, 3.63) is 70.7 Å². The lowest BCUT2D eigenvalue weighted by molar-refractivity contribution is 0.0600.